The van der Waals surface area contributed by atoms with Crippen LogP contribution in [0.15, 0.2) is 18.3 Å². The molecule has 1 aromatic heterocycles. The number of aromatic nitrogens is 2. The van der Waals surface area contributed by atoms with Crippen molar-refractivity contribution in [3.63, 3.8) is 0 Å². The number of carbonyl (C=O) groups excluding carboxylic acids is 1. The van der Waals surface area contributed by atoms with Crippen LogP contribution in [0.4, 0.5) is 17.1 Å². The summed E-state index contributed by atoms with van der Waals surface area (Å²) in [6.45, 7) is 5.38. The van der Waals surface area contributed by atoms with Crippen LogP contribution in [0.3, 0.4) is 0 Å². The summed E-state index contributed by atoms with van der Waals surface area (Å²) >= 11 is 0. The third kappa shape index (κ3) is 3.21. The molecule has 2 rings (SSSR count). The van der Waals surface area contributed by atoms with Crippen LogP contribution in [0.2, 0.25) is 0 Å². The molecule has 0 saturated heterocycles. The molecule has 126 valence electrons. The van der Waals surface area contributed by atoms with E-state index in [0.29, 0.717) is 17.8 Å². The number of amides is 1. The van der Waals surface area contributed by atoms with E-state index in [-0.39, 0.29) is 11.3 Å². The van der Waals surface area contributed by atoms with Gasteiger partial charge in [0, 0.05) is 24.9 Å². The lowest BCUT2D eigenvalue weighted by atomic mass is 10.1. The van der Waals surface area contributed by atoms with Crippen molar-refractivity contribution in [3.05, 3.63) is 55.4 Å². The Morgan fingerprint density at radius 1 is 1.21 bits per heavy atom. The molecule has 0 radical (unpaired) electrons. The predicted octanol–water partition coefficient (Wildman–Crippen LogP) is 2.59. The monoisotopic (exact) mass is 333 g/mol. The standard InChI is InChI=1S/C14H15N5O5/c1-4-17-7-11(9(3)16-17)14(20)15-10-5-12(18(21)22)8(2)13(6-10)19(23)24/h5-7H,4H2,1-3H3,(H,15,20). The molecule has 10 heteroatoms. The lowest BCUT2D eigenvalue weighted by Gasteiger charge is -2.06. The molecule has 0 unspecified atom stereocenters. The molecular weight excluding hydrogens is 318 g/mol. The molecule has 0 saturated carbocycles. The quantitative estimate of drug-likeness (QED) is 0.660. The Balaban J connectivity index is 2.41. The zero-order chi connectivity index (χ0) is 18.0. The third-order valence-electron chi connectivity index (χ3n) is 3.52. The molecule has 1 heterocycles. The van der Waals surface area contributed by atoms with Gasteiger partial charge in [0.25, 0.3) is 17.3 Å². The highest BCUT2D eigenvalue weighted by molar-refractivity contribution is 6.05. The van der Waals surface area contributed by atoms with E-state index in [2.05, 4.69) is 10.4 Å². The molecule has 2 aromatic rings. The Hall–Kier alpha value is -3.30. The molecule has 1 amide bonds. The van der Waals surface area contributed by atoms with Gasteiger partial charge in [0.2, 0.25) is 0 Å². The number of anilines is 1. The summed E-state index contributed by atoms with van der Waals surface area (Å²) in [5.41, 5.74) is -0.167. The smallest absolute Gasteiger partial charge is 0.281 e. The zero-order valence-electron chi connectivity index (χ0n) is 13.3. The molecule has 1 N–H and O–H groups in total. The normalized spacial score (nSPS) is 10.5. The fraction of sp³-hybridized carbons (Fsp3) is 0.286. The van der Waals surface area contributed by atoms with Crippen LogP contribution in [-0.4, -0.2) is 25.5 Å². The van der Waals surface area contributed by atoms with Crippen molar-refractivity contribution in [2.45, 2.75) is 27.3 Å². The second-order valence-electron chi connectivity index (χ2n) is 5.09. The first kappa shape index (κ1) is 17.1. The van der Waals surface area contributed by atoms with E-state index in [1.165, 1.54) is 6.92 Å². The molecule has 0 aliphatic rings. The van der Waals surface area contributed by atoms with Crippen LogP contribution in [0.1, 0.15) is 28.5 Å². The van der Waals surface area contributed by atoms with Crippen molar-refractivity contribution >= 4 is 23.0 Å². The van der Waals surface area contributed by atoms with Crippen LogP contribution in [0.25, 0.3) is 0 Å². The Bertz CT molecular complexity index is 807. The van der Waals surface area contributed by atoms with Crippen LogP contribution < -0.4 is 5.32 Å². The zero-order valence-corrected chi connectivity index (χ0v) is 13.3. The lowest BCUT2D eigenvalue weighted by Crippen LogP contribution is -2.13. The molecule has 10 nitrogen and oxygen atoms in total. The van der Waals surface area contributed by atoms with E-state index in [1.807, 2.05) is 6.92 Å². The summed E-state index contributed by atoms with van der Waals surface area (Å²) in [5, 5.41) is 28.7. The fourth-order valence-electron chi connectivity index (χ4n) is 2.24. The van der Waals surface area contributed by atoms with Crippen molar-refractivity contribution in [1.82, 2.24) is 9.78 Å². The summed E-state index contributed by atoms with van der Waals surface area (Å²) in [6.07, 6.45) is 1.54. The third-order valence-corrected chi connectivity index (χ3v) is 3.52. The van der Waals surface area contributed by atoms with E-state index in [9.17, 15) is 25.0 Å². The summed E-state index contributed by atoms with van der Waals surface area (Å²) in [4.78, 5) is 33.0. The maximum atomic E-state index is 12.3. The van der Waals surface area contributed by atoms with Crippen molar-refractivity contribution in [2.75, 3.05) is 5.32 Å². The highest BCUT2D eigenvalue weighted by Crippen LogP contribution is 2.31. The van der Waals surface area contributed by atoms with Crippen molar-refractivity contribution in [2.24, 2.45) is 0 Å². The van der Waals surface area contributed by atoms with E-state index in [1.54, 1.807) is 17.8 Å². The van der Waals surface area contributed by atoms with E-state index < -0.39 is 27.1 Å². The highest BCUT2D eigenvalue weighted by Gasteiger charge is 2.24. The maximum absolute atomic E-state index is 12.3. The first-order chi connectivity index (χ1) is 11.2. The fourth-order valence-corrected chi connectivity index (χ4v) is 2.24. The molecule has 0 bridgehead atoms. The second-order valence-corrected chi connectivity index (χ2v) is 5.09. The molecule has 0 aliphatic heterocycles. The summed E-state index contributed by atoms with van der Waals surface area (Å²) in [5.74, 6) is -0.542. The number of nitrogens with one attached hydrogen (secondary N) is 1. The minimum absolute atomic E-state index is 0.0207. The number of hydrogen-bond donors (Lipinski definition) is 1. The number of nitro benzene ring substituents is 2. The van der Waals surface area contributed by atoms with Gasteiger partial charge in [-0.05, 0) is 20.8 Å². The Morgan fingerprint density at radius 3 is 2.17 bits per heavy atom. The molecule has 0 spiro atoms. The maximum Gasteiger partial charge on any atom is 0.281 e. The van der Waals surface area contributed by atoms with Gasteiger partial charge in [-0.3, -0.25) is 29.7 Å². The minimum atomic E-state index is -0.724. The Labute approximate surface area is 136 Å². The SMILES string of the molecule is CCn1cc(C(=O)Nc2cc([N+](=O)[O-])c(C)c([N+](=O)[O-])c2)c(C)n1. The van der Waals surface area contributed by atoms with Gasteiger partial charge in [-0.1, -0.05) is 0 Å². The van der Waals surface area contributed by atoms with Gasteiger partial charge in [0.05, 0.1) is 26.8 Å². The van der Waals surface area contributed by atoms with Crippen LogP contribution in [0, 0.1) is 34.1 Å². The van der Waals surface area contributed by atoms with E-state index in [4.69, 9.17) is 0 Å². The molecule has 24 heavy (non-hydrogen) atoms. The molecule has 1 aromatic carbocycles. The van der Waals surface area contributed by atoms with Crippen molar-refractivity contribution in [1.29, 1.82) is 0 Å². The number of carbonyl (C=O) groups is 1. The topological polar surface area (TPSA) is 133 Å². The van der Waals surface area contributed by atoms with Crippen molar-refractivity contribution < 1.29 is 14.6 Å². The number of hydrogen-bond acceptors (Lipinski definition) is 6. The largest absolute Gasteiger partial charge is 0.321 e. The number of nitro groups is 2. The lowest BCUT2D eigenvalue weighted by molar-refractivity contribution is -0.395. The number of nitrogens with zero attached hydrogens (tertiary/aromatic N) is 4. The van der Waals surface area contributed by atoms with Gasteiger partial charge < -0.3 is 5.32 Å². The van der Waals surface area contributed by atoms with Gasteiger partial charge in [-0.2, -0.15) is 5.10 Å². The van der Waals surface area contributed by atoms with Gasteiger partial charge in [-0.15, -0.1) is 0 Å². The van der Waals surface area contributed by atoms with E-state index in [0.717, 1.165) is 12.1 Å². The predicted molar refractivity (Wildman–Crippen MR) is 85.1 cm³/mol. The summed E-state index contributed by atoms with van der Waals surface area (Å²) in [6, 6.07) is 2.19. The van der Waals surface area contributed by atoms with Gasteiger partial charge in [0.1, 0.15) is 5.56 Å². The van der Waals surface area contributed by atoms with Crippen LogP contribution in [-0.2, 0) is 6.54 Å². The average Bonchev–Trinajstić information content (AvgIpc) is 2.89. The van der Waals surface area contributed by atoms with Gasteiger partial charge in [0.15, 0.2) is 0 Å². The summed E-state index contributed by atoms with van der Waals surface area (Å²) < 4.78 is 1.57. The highest BCUT2D eigenvalue weighted by atomic mass is 16.6. The second kappa shape index (κ2) is 6.44. The number of aryl methyl sites for hydroxylation is 2. The average molecular weight is 333 g/mol. The van der Waals surface area contributed by atoms with Gasteiger partial charge in [-0.25, -0.2) is 0 Å². The molecule has 0 aliphatic carbocycles. The Morgan fingerprint density at radius 2 is 1.75 bits per heavy atom. The van der Waals surface area contributed by atoms with Crippen LogP contribution in [0.5, 0.6) is 0 Å². The summed E-state index contributed by atoms with van der Waals surface area (Å²) in [7, 11) is 0. The number of rotatable bonds is 5. The Kier molecular flexibility index (Phi) is 4.58. The van der Waals surface area contributed by atoms with Crippen molar-refractivity contribution in [3.8, 4) is 0 Å². The first-order valence-electron chi connectivity index (χ1n) is 7.03. The van der Waals surface area contributed by atoms with Gasteiger partial charge >= 0.3 is 0 Å². The van der Waals surface area contributed by atoms with Crippen LogP contribution >= 0.6 is 0 Å². The minimum Gasteiger partial charge on any atom is -0.321 e. The van der Waals surface area contributed by atoms with E-state index >= 15 is 0 Å². The number of benzene rings is 1. The molecular formula is C14H15N5O5. The molecule has 0 atom stereocenters. The first-order valence-corrected chi connectivity index (χ1v) is 7.03. The molecule has 0 fully saturated rings.